The Kier molecular flexibility index (Phi) is 7.93. The van der Waals surface area contributed by atoms with E-state index in [9.17, 15) is 13.2 Å². The van der Waals surface area contributed by atoms with Gasteiger partial charge in [0.05, 0.1) is 31.0 Å². The number of carbonyl (C=O) groups is 1. The van der Waals surface area contributed by atoms with E-state index in [2.05, 4.69) is 4.99 Å². The van der Waals surface area contributed by atoms with Crippen LogP contribution in [0.15, 0.2) is 46.3 Å². The first-order valence-corrected chi connectivity index (χ1v) is 12.9. The van der Waals surface area contributed by atoms with Crippen LogP contribution in [0.4, 0.5) is 0 Å². The van der Waals surface area contributed by atoms with E-state index in [0.717, 1.165) is 10.2 Å². The molecule has 0 bridgehead atoms. The lowest BCUT2D eigenvalue weighted by Crippen LogP contribution is -2.20. The number of ether oxygens (including phenoxy) is 3. The molecule has 0 unspecified atom stereocenters. The number of benzene rings is 2. The van der Waals surface area contributed by atoms with Crippen LogP contribution in [0.25, 0.3) is 10.2 Å². The second kappa shape index (κ2) is 10.5. The molecule has 0 radical (unpaired) electrons. The summed E-state index contributed by atoms with van der Waals surface area (Å²) in [4.78, 5) is 18.0. The second-order valence-corrected chi connectivity index (χ2v) is 10.9. The first kappa shape index (κ1) is 24.9. The molecule has 0 saturated heterocycles. The van der Waals surface area contributed by atoms with Gasteiger partial charge in [0.15, 0.2) is 14.6 Å². The zero-order chi connectivity index (χ0) is 24.2. The van der Waals surface area contributed by atoms with Crippen molar-refractivity contribution >= 4 is 37.3 Å². The monoisotopic (exact) mass is 492 g/mol. The number of fused-ring (bicyclic) bond motifs is 1. The van der Waals surface area contributed by atoms with E-state index in [-0.39, 0.29) is 10.5 Å². The maximum absolute atomic E-state index is 13.1. The van der Waals surface area contributed by atoms with Crippen molar-refractivity contribution in [2.75, 3.05) is 27.4 Å². The van der Waals surface area contributed by atoms with Crippen molar-refractivity contribution in [1.29, 1.82) is 0 Å². The molecule has 178 valence electrons. The molecule has 3 aromatic rings. The molecule has 1 amide bonds. The Morgan fingerprint density at radius 3 is 2.45 bits per heavy atom. The van der Waals surface area contributed by atoms with E-state index >= 15 is 0 Å². The van der Waals surface area contributed by atoms with E-state index in [0.29, 0.717) is 36.1 Å². The van der Waals surface area contributed by atoms with Crippen molar-refractivity contribution < 1.29 is 27.4 Å². The highest BCUT2D eigenvalue weighted by Crippen LogP contribution is 2.35. The average Bonchev–Trinajstić information content (AvgIpc) is 3.16. The van der Waals surface area contributed by atoms with Crippen LogP contribution in [-0.4, -0.2) is 51.6 Å². The lowest BCUT2D eigenvalue weighted by atomic mass is 10.2. The average molecular weight is 493 g/mol. The number of nitrogens with zero attached hydrogens (tertiary/aromatic N) is 2. The molecule has 0 aliphatic rings. The van der Waals surface area contributed by atoms with Gasteiger partial charge in [0.2, 0.25) is 0 Å². The van der Waals surface area contributed by atoms with Crippen molar-refractivity contribution in [3.63, 3.8) is 0 Å². The van der Waals surface area contributed by atoms with Crippen LogP contribution in [0.5, 0.6) is 11.5 Å². The minimum atomic E-state index is -3.51. The summed E-state index contributed by atoms with van der Waals surface area (Å²) >= 11 is 1.30. The largest absolute Gasteiger partial charge is 0.495 e. The zero-order valence-corrected chi connectivity index (χ0v) is 21.0. The molecule has 1 heterocycles. The number of amides is 1. The minimum absolute atomic E-state index is 0.0995. The van der Waals surface area contributed by atoms with E-state index in [1.165, 1.54) is 23.5 Å². The summed E-state index contributed by atoms with van der Waals surface area (Å²) in [6.07, 6.45) is 0. The molecule has 0 saturated carbocycles. The van der Waals surface area contributed by atoms with Crippen molar-refractivity contribution in [1.82, 2.24) is 4.57 Å². The van der Waals surface area contributed by atoms with Gasteiger partial charge in [-0.3, -0.25) is 4.79 Å². The van der Waals surface area contributed by atoms with Crippen LogP contribution >= 0.6 is 11.3 Å². The van der Waals surface area contributed by atoms with E-state index < -0.39 is 21.0 Å². The molecule has 2 aromatic carbocycles. The van der Waals surface area contributed by atoms with Gasteiger partial charge < -0.3 is 18.8 Å². The number of sulfone groups is 1. The summed E-state index contributed by atoms with van der Waals surface area (Å²) < 4.78 is 44.3. The normalized spacial score (nSPS) is 12.5. The third kappa shape index (κ3) is 5.13. The fraction of sp³-hybridized carbons (Fsp3) is 0.391. The highest BCUT2D eigenvalue weighted by Gasteiger charge is 2.21. The Balaban J connectivity index is 2.17. The van der Waals surface area contributed by atoms with Crippen LogP contribution in [-0.2, 0) is 21.1 Å². The molecule has 0 spiro atoms. The van der Waals surface area contributed by atoms with Crippen LogP contribution in [0, 0.1) is 0 Å². The molecule has 10 heteroatoms. The number of hydrogen-bond donors (Lipinski definition) is 0. The maximum Gasteiger partial charge on any atom is 0.279 e. The van der Waals surface area contributed by atoms with Crippen molar-refractivity contribution in [3.8, 4) is 11.5 Å². The molecule has 0 fully saturated rings. The number of rotatable bonds is 9. The molecule has 0 aliphatic carbocycles. The van der Waals surface area contributed by atoms with Gasteiger partial charge in [-0.2, -0.15) is 4.99 Å². The van der Waals surface area contributed by atoms with E-state index in [1.54, 1.807) is 52.3 Å². The Morgan fingerprint density at radius 1 is 1.12 bits per heavy atom. The maximum atomic E-state index is 13.1. The summed E-state index contributed by atoms with van der Waals surface area (Å²) in [5.74, 6) is 0.725. The molecule has 0 aliphatic heterocycles. The van der Waals surface area contributed by atoms with Crippen LogP contribution in [0.1, 0.15) is 31.1 Å². The SMILES string of the molecule is CCOCCn1c(=NC(=O)c2cccc(S(=O)(=O)C(C)C)c2)sc2c(OC)ccc(OC)c21. The Hall–Kier alpha value is -2.69. The van der Waals surface area contributed by atoms with Gasteiger partial charge in [-0.1, -0.05) is 17.4 Å². The Bertz CT molecular complexity index is 1320. The number of carbonyl (C=O) groups excluding carboxylic acids is 1. The summed E-state index contributed by atoms with van der Waals surface area (Å²) in [6, 6.07) is 9.58. The van der Waals surface area contributed by atoms with Crippen molar-refractivity contribution in [2.24, 2.45) is 4.99 Å². The number of thiazole rings is 1. The Labute approximate surface area is 197 Å². The van der Waals surface area contributed by atoms with E-state index in [1.807, 2.05) is 11.5 Å². The molecule has 1 aromatic heterocycles. The molecule has 33 heavy (non-hydrogen) atoms. The number of aromatic nitrogens is 1. The van der Waals surface area contributed by atoms with Crippen LogP contribution in [0.2, 0.25) is 0 Å². The minimum Gasteiger partial charge on any atom is -0.495 e. The van der Waals surface area contributed by atoms with Gasteiger partial charge >= 0.3 is 0 Å². The Morgan fingerprint density at radius 2 is 1.82 bits per heavy atom. The predicted molar refractivity (Wildman–Crippen MR) is 128 cm³/mol. The highest BCUT2D eigenvalue weighted by atomic mass is 32.2. The summed E-state index contributed by atoms with van der Waals surface area (Å²) in [5, 5.41) is -0.594. The second-order valence-electron chi connectivity index (χ2n) is 7.42. The van der Waals surface area contributed by atoms with Crippen molar-refractivity contribution in [3.05, 3.63) is 46.8 Å². The number of methoxy groups -OCH3 is 2. The third-order valence-electron chi connectivity index (χ3n) is 5.08. The summed E-state index contributed by atoms with van der Waals surface area (Å²) in [7, 11) is -0.358. The molecular weight excluding hydrogens is 464 g/mol. The van der Waals surface area contributed by atoms with Gasteiger partial charge in [0, 0.05) is 18.7 Å². The molecule has 3 rings (SSSR count). The molecule has 8 nitrogen and oxygen atoms in total. The fourth-order valence-electron chi connectivity index (χ4n) is 3.28. The zero-order valence-electron chi connectivity index (χ0n) is 19.3. The quantitative estimate of drug-likeness (QED) is 0.423. The molecule has 0 N–H and O–H groups in total. The number of hydrogen-bond acceptors (Lipinski definition) is 7. The lowest BCUT2D eigenvalue weighted by molar-refractivity contribution is 0.0996. The van der Waals surface area contributed by atoms with Gasteiger partial charge in [-0.25, -0.2) is 8.42 Å². The topological polar surface area (TPSA) is 96.2 Å². The fourth-order valence-corrected chi connectivity index (χ4v) is 5.54. The van der Waals surface area contributed by atoms with Gasteiger partial charge in [-0.15, -0.1) is 0 Å². The lowest BCUT2D eigenvalue weighted by Gasteiger charge is -2.10. The van der Waals surface area contributed by atoms with Gasteiger partial charge in [0.1, 0.15) is 21.7 Å². The van der Waals surface area contributed by atoms with Crippen LogP contribution < -0.4 is 14.3 Å². The van der Waals surface area contributed by atoms with Crippen molar-refractivity contribution in [2.45, 2.75) is 37.5 Å². The predicted octanol–water partition coefficient (Wildman–Crippen LogP) is 3.68. The van der Waals surface area contributed by atoms with E-state index in [4.69, 9.17) is 14.2 Å². The first-order valence-electron chi connectivity index (χ1n) is 10.5. The van der Waals surface area contributed by atoms with Crippen LogP contribution in [0.3, 0.4) is 0 Å². The third-order valence-corrected chi connectivity index (χ3v) is 8.33. The highest BCUT2D eigenvalue weighted by molar-refractivity contribution is 7.92. The summed E-state index contributed by atoms with van der Waals surface area (Å²) in [5.41, 5.74) is 0.953. The molecule has 0 atom stereocenters. The first-order chi connectivity index (χ1) is 15.7. The standard InChI is InChI=1S/C23H28N2O6S2/c1-6-31-13-12-25-20-18(29-4)10-11-19(30-5)21(20)32-23(25)24-22(26)16-8-7-9-17(14-16)33(27,28)15(2)3/h7-11,14-15H,6,12-13H2,1-5H3. The van der Waals surface area contributed by atoms with Gasteiger partial charge in [0.25, 0.3) is 5.91 Å². The van der Waals surface area contributed by atoms with Gasteiger partial charge in [-0.05, 0) is 51.1 Å². The molecular formula is C23H28N2O6S2. The smallest absolute Gasteiger partial charge is 0.279 e. The summed E-state index contributed by atoms with van der Waals surface area (Å²) in [6.45, 7) is 6.55.